The van der Waals surface area contributed by atoms with E-state index in [4.69, 9.17) is 5.11 Å². The van der Waals surface area contributed by atoms with Crippen molar-refractivity contribution >= 4 is 16.8 Å². The highest BCUT2D eigenvalue weighted by Crippen LogP contribution is 2.16. The fraction of sp³-hybridized carbons (Fsp3) is 0.182. The van der Waals surface area contributed by atoms with Crippen LogP contribution in [0.5, 0.6) is 0 Å². The third kappa shape index (κ3) is 1.85. The maximum Gasteiger partial charge on any atom is 0.253 e. The first kappa shape index (κ1) is 9.73. The average molecular weight is 204 g/mol. The molecule has 0 bridgehead atoms. The Labute approximate surface area is 86.9 Å². The summed E-state index contributed by atoms with van der Waals surface area (Å²) in [5.41, 5.74) is 1.43. The first-order chi connectivity index (χ1) is 7.33. The number of rotatable bonds is 3. The molecule has 1 amide bonds. The van der Waals surface area contributed by atoms with Crippen molar-refractivity contribution in [2.75, 3.05) is 13.2 Å². The number of para-hydroxylation sites is 1. The van der Waals surface area contributed by atoms with Crippen molar-refractivity contribution in [1.29, 1.82) is 0 Å². The molecule has 0 atom stereocenters. The number of aromatic nitrogens is 1. The predicted octanol–water partition coefficient (Wildman–Crippen LogP) is 0.890. The lowest BCUT2D eigenvalue weighted by Gasteiger charge is -2.04. The number of carbonyl (C=O) groups is 1. The lowest BCUT2D eigenvalue weighted by atomic mass is 10.1. The first-order valence-corrected chi connectivity index (χ1v) is 4.78. The van der Waals surface area contributed by atoms with E-state index in [-0.39, 0.29) is 19.1 Å². The van der Waals surface area contributed by atoms with Gasteiger partial charge in [0.15, 0.2) is 0 Å². The minimum absolute atomic E-state index is 0.0492. The smallest absolute Gasteiger partial charge is 0.253 e. The Morgan fingerprint density at radius 3 is 3.07 bits per heavy atom. The largest absolute Gasteiger partial charge is 0.395 e. The zero-order valence-electron chi connectivity index (χ0n) is 8.16. The van der Waals surface area contributed by atoms with Gasteiger partial charge in [-0.2, -0.15) is 0 Å². The molecule has 1 heterocycles. The van der Waals surface area contributed by atoms with E-state index in [9.17, 15) is 4.79 Å². The van der Waals surface area contributed by atoms with Crippen LogP contribution >= 0.6 is 0 Å². The molecule has 0 spiro atoms. The quantitative estimate of drug-likeness (QED) is 0.695. The van der Waals surface area contributed by atoms with Gasteiger partial charge in [-0.15, -0.1) is 0 Å². The lowest BCUT2D eigenvalue weighted by Crippen LogP contribution is -2.26. The fourth-order valence-corrected chi connectivity index (χ4v) is 1.54. The summed E-state index contributed by atoms with van der Waals surface area (Å²) in [6.07, 6.45) is 1.80. The SMILES string of the molecule is O=C(NCCO)c1cccc2cc[nH]c12. The number of carbonyl (C=O) groups excluding carboxylic acids is 1. The number of aliphatic hydroxyl groups is 1. The highest BCUT2D eigenvalue weighted by molar-refractivity contribution is 6.05. The van der Waals surface area contributed by atoms with E-state index in [1.165, 1.54) is 0 Å². The molecular formula is C11H12N2O2. The van der Waals surface area contributed by atoms with Gasteiger partial charge in [-0.05, 0) is 12.1 Å². The summed E-state index contributed by atoms with van der Waals surface area (Å²) >= 11 is 0. The second kappa shape index (κ2) is 4.14. The molecular weight excluding hydrogens is 192 g/mol. The van der Waals surface area contributed by atoms with Gasteiger partial charge in [0, 0.05) is 18.1 Å². The monoisotopic (exact) mass is 204 g/mol. The number of hydrogen-bond donors (Lipinski definition) is 3. The Morgan fingerprint density at radius 1 is 1.40 bits per heavy atom. The number of amides is 1. The molecule has 78 valence electrons. The standard InChI is InChI=1S/C11H12N2O2/c14-7-6-13-11(15)9-3-1-2-8-4-5-12-10(8)9/h1-5,12,14H,6-7H2,(H,13,15). The van der Waals surface area contributed by atoms with Gasteiger partial charge >= 0.3 is 0 Å². The van der Waals surface area contributed by atoms with E-state index in [0.29, 0.717) is 5.56 Å². The van der Waals surface area contributed by atoms with E-state index in [2.05, 4.69) is 10.3 Å². The summed E-state index contributed by atoms with van der Waals surface area (Å²) in [7, 11) is 0. The molecule has 0 aliphatic heterocycles. The van der Waals surface area contributed by atoms with Crippen LogP contribution in [0.1, 0.15) is 10.4 Å². The van der Waals surface area contributed by atoms with E-state index < -0.39 is 0 Å². The molecule has 2 rings (SSSR count). The van der Waals surface area contributed by atoms with Crippen LogP contribution in [-0.4, -0.2) is 29.1 Å². The third-order valence-electron chi connectivity index (χ3n) is 2.23. The lowest BCUT2D eigenvalue weighted by molar-refractivity contribution is 0.0946. The molecule has 4 heteroatoms. The minimum atomic E-state index is -0.169. The molecule has 0 unspecified atom stereocenters. The minimum Gasteiger partial charge on any atom is -0.395 e. The molecule has 0 saturated carbocycles. The molecule has 0 fully saturated rings. The zero-order valence-corrected chi connectivity index (χ0v) is 8.16. The van der Waals surface area contributed by atoms with E-state index >= 15 is 0 Å². The first-order valence-electron chi connectivity index (χ1n) is 4.78. The highest BCUT2D eigenvalue weighted by atomic mass is 16.3. The van der Waals surface area contributed by atoms with Crippen LogP contribution in [-0.2, 0) is 0 Å². The number of benzene rings is 1. The van der Waals surface area contributed by atoms with E-state index in [1.807, 2.05) is 18.2 Å². The van der Waals surface area contributed by atoms with Crippen molar-refractivity contribution in [1.82, 2.24) is 10.3 Å². The molecule has 4 nitrogen and oxygen atoms in total. The number of nitrogens with one attached hydrogen (secondary N) is 2. The van der Waals surface area contributed by atoms with Crippen molar-refractivity contribution in [3.05, 3.63) is 36.0 Å². The molecule has 0 aliphatic rings. The van der Waals surface area contributed by atoms with Crippen molar-refractivity contribution in [2.24, 2.45) is 0 Å². The Hall–Kier alpha value is -1.81. The van der Waals surface area contributed by atoms with Gasteiger partial charge in [0.1, 0.15) is 0 Å². The number of hydrogen-bond acceptors (Lipinski definition) is 2. The number of fused-ring (bicyclic) bond motifs is 1. The Bertz CT molecular complexity index is 476. The fourth-order valence-electron chi connectivity index (χ4n) is 1.54. The summed E-state index contributed by atoms with van der Waals surface area (Å²) in [4.78, 5) is 14.7. The summed E-state index contributed by atoms with van der Waals surface area (Å²) in [6.45, 7) is 0.225. The van der Waals surface area contributed by atoms with Crippen LogP contribution < -0.4 is 5.32 Å². The van der Waals surface area contributed by atoms with Gasteiger partial charge in [0.05, 0.1) is 17.7 Å². The summed E-state index contributed by atoms with van der Waals surface area (Å²) in [6, 6.07) is 7.45. The molecule has 0 radical (unpaired) electrons. The second-order valence-electron chi connectivity index (χ2n) is 3.23. The van der Waals surface area contributed by atoms with Crippen molar-refractivity contribution < 1.29 is 9.90 Å². The van der Waals surface area contributed by atoms with Crippen LogP contribution in [0.4, 0.5) is 0 Å². The third-order valence-corrected chi connectivity index (χ3v) is 2.23. The van der Waals surface area contributed by atoms with E-state index in [0.717, 1.165) is 10.9 Å². The number of aliphatic hydroxyl groups excluding tert-OH is 1. The van der Waals surface area contributed by atoms with Crippen LogP contribution in [0.15, 0.2) is 30.5 Å². The summed E-state index contributed by atoms with van der Waals surface area (Å²) in [5, 5.41) is 12.2. The number of aromatic amines is 1. The van der Waals surface area contributed by atoms with Gasteiger partial charge in [0.2, 0.25) is 0 Å². The maximum absolute atomic E-state index is 11.7. The van der Waals surface area contributed by atoms with Crippen molar-refractivity contribution in [2.45, 2.75) is 0 Å². The average Bonchev–Trinajstić information content (AvgIpc) is 2.73. The summed E-state index contributed by atoms with van der Waals surface area (Å²) < 4.78 is 0. The Morgan fingerprint density at radius 2 is 2.27 bits per heavy atom. The van der Waals surface area contributed by atoms with Gasteiger partial charge in [-0.1, -0.05) is 12.1 Å². The number of H-pyrrole nitrogens is 1. The molecule has 0 aliphatic carbocycles. The Balaban J connectivity index is 2.34. The van der Waals surface area contributed by atoms with Gasteiger partial charge in [-0.25, -0.2) is 0 Å². The normalized spacial score (nSPS) is 10.5. The van der Waals surface area contributed by atoms with Crippen LogP contribution in [0.3, 0.4) is 0 Å². The van der Waals surface area contributed by atoms with Crippen molar-refractivity contribution in [3.8, 4) is 0 Å². The van der Waals surface area contributed by atoms with Gasteiger partial charge in [0.25, 0.3) is 5.91 Å². The molecule has 3 N–H and O–H groups in total. The van der Waals surface area contributed by atoms with E-state index in [1.54, 1.807) is 12.3 Å². The topological polar surface area (TPSA) is 65.1 Å². The zero-order chi connectivity index (χ0) is 10.7. The Kier molecular flexibility index (Phi) is 2.69. The van der Waals surface area contributed by atoms with Gasteiger partial charge < -0.3 is 15.4 Å². The maximum atomic E-state index is 11.7. The van der Waals surface area contributed by atoms with Crippen LogP contribution in [0.2, 0.25) is 0 Å². The molecule has 15 heavy (non-hydrogen) atoms. The predicted molar refractivity (Wildman–Crippen MR) is 57.7 cm³/mol. The molecule has 1 aromatic carbocycles. The second-order valence-corrected chi connectivity index (χ2v) is 3.23. The van der Waals surface area contributed by atoms with Crippen molar-refractivity contribution in [3.63, 3.8) is 0 Å². The highest BCUT2D eigenvalue weighted by Gasteiger charge is 2.09. The molecule has 0 saturated heterocycles. The van der Waals surface area contributed by atoms with Gasteiger partial charge in [-0.3, -0.25) is 4.79 Å². The molecule has 1 aromatic heterocycles. The molecule has 2 aromatic rings. The van der Waals surface area contributed by atoms with Crippen LogP contribution in [0, 0.1) is 0 Å². The summed E-state index contributed by atoms with van der Waals surface area (Å²) in [5.74, 6) is -0.169. The van der Waals surface area contributed by atoms with Crippen LogP contribution in [0.25, 0.3) is 10.9 Å².